The van der Waals surface area contributed by atoms with Crippen LogP contribution in [0.25, 0.3) is 0 Å². The van der Waals surface area contributed by atoms with Crippen molar-refractivity contribution in [3.05, 3.63) is 35.6 Å². The minimum absolute atomic E-state index is 0.0817. The third kappa shape index (κ3) is 3.26. The number of halogens is 1. The highest BCUT2D eigenvalue weighted by molar-refractivity contribution is 5.84. The van der Waals surface area contributed by atoms with Gasteiger partial charge in [0.2, 0.25) is 5.91 Å². The molecule has 1 aliphatic heterocycles. The second kappa shape index (κ2) is 6.56. The molecule has 0 aromatic heterocycles. The molecule has 1 aromatic rings. The number of amides is 1. The monoisotopic (exact) mass is 292 g/mol. The van der Waals surface area contributed by atoms with Crippen LogP contribution in [0.1, 0.15) is 45.8 Å². The maximum Gasteiger partial charge on any atom is 0.241 e. The summed E-state index contributed by atoms with van der Waals surface area (Å²) >= 11 is 0. The summed E-state index contributed by atoms with van der Waals surface area (Å²) in [5.41, 5.74) is 0.553. The molecule has 0 saturated carbocycles. The predicted octanol–water partition coefficient (Wildman–Crippen LogP) is 3.33. The van der Waals surface area contributed by atoms with E-state index in [1.807, 2.05) is 13.0 Å². The first kappa shape index (κ1) is 16.0. The van der Waals surface area contributed by atoms with Crippen LogP contribution in [-0.4, -0.2) is 23.4 Å². The summed E-state index contributed by atoms with van der Waals surface area (Å²) in [6, 6.07) is 6.48. The van der Waals surface area contributed by atoms with Crippen LogP contribution in [0.4, 0.5) is 4.39 Å². The smallest absolute Gasteiger partial charge is 0.241 e. The minimum atomic E-state index is -0.357. The highest BCUT2D eigenvalue weighted by Gasteiger charge is 2.40. The van der Waals surface area contributed by atoms with Gasteiger partial charge in [-0.2, -0.15) is 0 Å². The van der Waals surface area contributed by atoms with Crippen LogP contribution in [0.3, 0.4) is 0 Å². The van der Waals surface area contributed by atoms with Crippen LogP contribution in [0.2, 0.25) is 0 Å². The average Bonchev–Trinajstić information content (AvgIpc) is 2.76. The van der Waals surface area contributed by atoms with E-state index < -0.39 is 0 Å². The molecule has 116 valence electrons. The van der Waals surface area contributed by atoms with Gasteiger partial charge in [0.15, 0.2) is 0 Å². The van der Waals surface area contributed by atoms with Crippen molar-refractivity contribution in [3.8, 4) is 0 Å². The van der Waals surface area contributed by atoms with E-state index in [1.54, 1.807) is 17.0 Å². The second-order valence-electron chi connectivity index (χ2n) is 6.26. The van der Waals surface area contributed by atoms with Crippen molar-refractivity contribution in [2.75, 3.05) is 6.54 Å². The van der Waals surface area contributed by atoms with Crippen molar-refractivity contribution in [2.24, 2.45) is 11.8 Å². The van der Waals surface area contributed by atoms with E-state index >= 15 is 0 Å². The molecule has 0 aliphatic carbocycles. The molecule has 1 amide bonds. The van der Waals surface area contributed by atoms with E-state index in [-0.39, 0.29) is 23.9 Å². The first-order chi connectivity index (χ1) is 9.95. The highest BCUT2D eigenvalue weighted by Crippen LogP contribution is 2.30. The summed E-state index contributed by atoms with van der Waals surface area (Å²) in [5.74, 6) is 0.681. The Morgan fingerprint density at radius 1 is 1.29 bits per heavy atom. The lowest BCUT2D eigenvalue weighted by molar-refractivity contribution is -0.130. The lowest BCUT2D eigenvalue weighted by Crippen LogP contribution is -2.36. The van der Waals surface area contributed by atoms with E-state index in [1.165, 1.54) is 6.07 Å². The maximum atomic E-state index is 14.1. The van der Waals surface area contributed by atoms with Crippen molar-refractivity contribution in [2.45, 2.75) is 46.3 Å². The minimum Gasteiger partial charge on any atom is -0.321 e. The Balaban J connectivity index is 2.29. The summed E-state index contributed by atoms with van der Waals surface area (Å²) in [6.45, 7) is 9.06. The number of hydrogen-bond donors (Lipinski definition) is 1. The zero-order valence-corrected chi connectivity index (χ0v) is 13.3. The molecule has 21 heavy (non-hydrogen) atoms. The van der Waals surface area contributed by atoms with Gasteiger partial charge in [0.05, 0.1) is 6.04 Å². The lowest BCUT2D eigenvalue weighted by Gasteiger charge is -2.29. The summed E-state index contributed by atoms with van der Waals surface area (Å²) < 4.78 is 14.1. The number of carbonyl (C=O) groups is 1. The third-order valence-electron chi connectivity index (χ3n) is 4.48. The first-order valence-corrected chi connectivity index (χ1v) is 7.76. The Morgan fingerprint density at radius 2 is 1.95 bits per heavy atom. The fraction of sp³-hybridized carbons (Fsp3) is 0.588. The van der Waals surface area contributed by atoms with E-state index in [2.05, 4.69) is 26.1 Å². The quantitative estimate of drug-likeness (QED) is 0.903. The molecular weight excluding hydrogens is 267 g/mol. The van der Waals surface area contributed by atoms with Crippen LogP contribution in [0, 0.1) is 17.7 Å². The standard InChI is InChI=1S/C17H25FN2O/c1-5-15-17(21)20(10-12(4)11(2)3)16(19-15)13-8-6-7-9-14(13)18/h6-9,11-12,15-16,19H,5,10H2,1-4H3. The van der Waals surface area contributed by atoms with Gasteiger partial charge in [0, 0.05) is 12.1 Å². The molecule has 1 aromatic carbocycles. The Kier molecular flexibility index (Phi) is 4.99. The van der Waals surface area contributed by atoms with Crippen LogP contribution < -0.4 is 5.32 Å². The molecule has 0 bridgehead atoms. The van der Waals surface area contributed by atoms with Gasteiger partial charge in [-0.25, -0.2) is 4.39 Å². The van der Waals surface area contributed by atoms with Gasteiger partial charge in [-0.3, -0.25) is 10.1 Å². The third-order valence-corrected chi connectivity index (χ3v) is 4.48. The Labute approximate surface area is 126 Å². The van der Waals surface area contributed by atoms with Gasteiger partial charge in [-0.05, 0) is 24.3 Å². The normalized spacial score (nSPS) is 23.9. The Bertz CT molecular complexity index is 503. The number of rotatable bonds is 5. The second-order valence-corrected chi connectivity index (χ2v) is 6.26. The molecule has 0 spiro atoms. The highest BCUT2D eigenvalue weighted by atomic mass is 19.1. The van der Waals surface area contributed by atoms with Gasteiger partial charge in [0.25, 0.3) is 0 Å². The Hall–Kier alpha value is -1.42. The predicted molar refractivity (Wildman–Crippen MR) is 82.1 cm³/mol. The van der Waals surface area contributed by atoms with Gasteiger partial charge < -0.3 is 4.90 Å². The molecule has 1 N–H and O–H groups in total. The number of carbonyl (C=O) groups excluding carboxylic acids is 1. The van der Waals surface area contributed by atoms with E-state index in [0.717, 1.165) is 6.42 Å². The van der Waals surface area contributed by atoms with Crippen LogP contribution >= 0.6 is 0 Å². The van der Waals surface area contributed by atoms with Gasteiger partial charge in [0.1, 0.15) is 12.0 Å². The van der Waals surface area contributed by atoms with Crippen LogP contribution in [0.15, 0.2) is 24.3 Å². The lowest BCUT2D eigenvalue weighted by atomic mass is 9.97. The number of nitrogens with zero attached hydrogens (tertiary/aromatic N) is 1. The topological polar surface area (TPSA) is 32.3 Å². The fourth-order valence-electron chi connectivity index (χ4n) is 2.64. The molecule has 2 rings (SSSR count). The molecule has 3 unspecified atom stereocenters. The summed E-state index contributed by atoms with van der Waals surface area (Å²) in [4.78, 5) is 14.3. The molecular formula is C17H25FN2O. The van der Waals surface area contributed by atoms with Gasteiger partial charge in [-0.1, -0.05) is 45.9 Å². The van der Waals surface area contributed by atoms with Crippen molar-refractivity contribution >= 4 is 5.91 Å². The SMILES string of the molecule is CCC1NC(c2ccccc2F)N(CC(C)C(C)C)C1=O. The van der Waals surface area contributed by atoms with E-state index in [0.29, 0.717) is 23.9 Å². The molecule has 1 saturated heterocycles. The van der Waals surface area contributed by atoms with Gasteiger partial charge in [-0.15, -0.1) is 0 Å². The molecule has 3 nitrogen and oxygen atoms in total. The van der Waals surface area contributed by atoms with E-state index in [9.17, 15) is 9.18 Å². The van der Waals surface area contributed by atoms with Crippen molar-refractivity contribution in [3.63, 3.8) is 0 Å². The first-order valence-electron chi connectivity index (χ1n) is 7.76. The summed E-state index contributed by atoms with van der Waals surface area (Å²) in [7, 11) is 0. The molecule has 1 fully saturated rings. The molecule has 3 atom stereocenters. The number of hydrogen-bond acceptors (Lipinski definition) is 2. The van der Waals surface area contributed by atoms with Crippen molar-refractivity contribution < 1.29 is 9.18 Å². The molecule has 4 heteroatoms. The molecule has 0 radical (unpaired) electrons. The molecule has 1 aliphatic rings. The maximum absolute atomic E-state index is 14.1. The van der Waals surface area contributed by atoms with Crippen molar-refractivity contribution in [1.82, 2.24) is 10.2 Å². The average molecular weight is 292 g/mol. The number of benzene rings is 1. The number of nitrogens with one attached hydrogen (secondary N) is 1. The van der Waals surface area contributed by atoms with E-state index in [4.69, 9.17) is 0 Å². The Morgan fingerprint density at radius 3 is 2.52 bits per heavy atom. The van der Waals surface area contributed by atoms with Crippen LogP contribution in [-0.2, 0) is 4.79 Å². The summed E-state index contributed by atoms with van der Waals surface area (Å²) in [5, 5.41) is 3.28. The largest absolute Gasteiger partial charge is 0.321 e. The fourth-order valence-corrected chi connectivity index (χ4v) is 2.64. The van der Waals surface area contributed by atoms with Crippen molar-refractivity contribution in [1.29, 1.82) is 0 Å². The van der Waals surface area contributed by atoms with Gasteiger partial charge >= 0.3 is 0 Å². The van der Waals surface area contributed by atoms with Crippen LogP contribution in [0.5, 0.6) is 0 Å². The molecule has 1 heterocycles. The zero-order chi connectivity index (χ0) is 15.6. The zero-order valence-electron chi connectivity index (χ0n) is 13.3. The summed E-state index contributed by atoms with van der Waals surface area (Å²) in [6.07, 6.45) is 0.362.